The fourth-order valence-corrected chi connectivity index (χ4v) is 2.41. The molecular formula is C14H26N2O4. The van der Waals surface area contributed by atoms with Crippen molar-refractivity contribution in [2.24, 2.45) is 0 Å². The fourth-order valence-electron chi connectivity index (χ4n) is 2.41. The van der Waals surface area contributed by atoms with Gasteiger partial charge in [0.1, 0.15) is 5.54 Å². The van der Waals surface area contributed by atoms with Gasteiger partial charge in [0.2, 0.25) is 0 Å². The molecule has 0 bridgehead atoms. The molecule has 6 nitrogen and oxygen atoms in total. The van der Waals surface area contributed by atoms with Gasteiger partial charge in [-0.3, -0.25) is 0 Å². The molecular weight excluding hydrogens is 260 g/mol. The number of carbonyl (C=O) groups is 2. The number of likely N-dealkylation sites (N-methyl/N-ethyl adjacent to an activating group) is 1. The first-order valence-electron chi connectivity index (χ1n) is 7.28. The van der Waals surface area contributed by atoms with E-state index in [0.717, 1.165) is 19.3 Å². The molecule has 0 atom stereocenters. The van der Waals surface area contributed by atoms with E-state index in [-0.39, 0.29) is 18.7 Å². The molecule has 116 valence electrons. The Balaban J connectivity index is 2.87. The van der Waals surface area contributed by atoms with Gasteiger partial charge in [0, 0.05) is 25.7 Å². The molecule has 0 heterocycles. The van der Waals surface area contributed by atoms with Gasteiger partial charge in [-0.1, -0.05) is 0 Å². The maximum Gasteiger partial charge on any atom is 0.329 e. The minimum absolute atomic E-state index is 0.0327. The van der Waals surface area contributed by atoms with Gasteiger partial charge in [0.15, 0.2) is 0 Å². The van der Waals surface area contributed by atoms with Crippen LogP contribution < -0.4 is 0 Å². The van der Waals surface area contributed by atoms with Crippen LogP contribution in [0.2, 0.25) is 0 Å². The van der Waals surface area contributed by atoms with Crippen LogP contribution in [0.3, 0.4) is 0 Å². The zero-order chi connectivity index (χ0) is 15.3. The lowest BCUT2D eigenvalue weighted by Gasteiger charge is -2.43. The highest BCUT2D eigenvalue weighted by atomic mass is 16.4. The molecule has 1 aliphatic carbocycles. The van der Waals surface area contributed by atoms with Crippen molar-refractivity contribution >= 4 is 12.0 Å². The van der Waals surface area contributed by atoms with Crippen LogP contribution in [-0.4, -0.2) is 63.3 Å². The van der Waals surface area contributed by atoms with Crippen molar-refractivity contribution in [3.05, 3.63) is 0 Å². The normalized spacial score (nSPS) is 15.6. The summed E-state index contributed by atoms with van der Waals surface area (Å²) in [5, 5.41) is 18.3. The first-order valence-corrected chi connectivity index (χ1v) is 7.28. The topological polar surface area (TPSA) is 81.1 Å². The van der Waals surface area contributed by atoms with Gasteiger partial charge in [-0.2, -0.15) is 0 Å². The fraction of sp³-hybridized carbons (Fsp3) is 0.857. The summed E-state index contributed by atoms with van der Waals surface area (Å²) < 4.78 is 0. The number of aliphatic hydroxyl groups excluding tert-OH is 1. The predicted octanol–water partition coefficient (Wildman–Crippen LogP) is 1.53. The summed E-state index contributed by atoms with van der Waals surface area (Å²) >= 11 is 0. The molecule has 1 fully saturated rings. The van der Waals surface area contributed by atoms with Crippen molar-refractivity contribution in [1.29, 1.82) is 0 Å². The molecule has 0 aromatic carbocycles. The van der Waals surface area contributed by atoms with Crippen molar-refractivity contribution in [2.45, 2.75) is 58.0 Å². The van der Waals surface area contributed by atoms with E-state index < -0.39 is 11.5 Å². The molecule has 1 aliphatic rings. The largest absolute Gasteiger partial charge is 0.480 e. The molecule has 2 amide bonds. The minimum Gasteiger partial charge on any atom is -0.480 e. The maximum absolute atomic E-state index is 12.7. The van der Waals surface area contributed by atoms with Crippen molar-refractivity contribution in [3.8, 4) is 0 Å². The van der Waals surface area contributed by atoms with Gasteiger partial charge in [-0.15, -0.1) is 0 Å². The van der Waals surface area contributed by atoms with Gasteiger partial charge in [0.25, 0.3) is 0 Å². The number of rotatable bonds is 7. The second kappa shape index (κ2) is 6.92. The van der Waals surface area contributed by atoms with Crippen molar-refractivity contribution in [2.75, 3.05) is 19.7 Å². The minimum atomic E-state index is -1.23. The highest BCUT2D eigenvalue weighted by molar-refractivity contribution is 5.85. The number of carboxylic acid groups (broad SMARTS) is 1. The van der Waals surface area contributed by atoms with E-state index in [1.807, 2.05) is 0 Å². The smallest absolute Gasteiger partial charge is 0.329 e. The number of aliphatic hydroxyl groups is 1. The van der Waals surface area contributed by atoms with Gasteiger partial charge >= 0.3 is 12.0 Å². The lowest BCUT2D eigenvalue weighted by molar-refractivity contribution is -0.148. The third kappa shape index (κ3) is 3.42. The van der Waals surface area contributed by atoms with Crippen molar-refractivity contribution in [3.63, 3.8) is 0 Å². The average molecular weight is 286 g/mol. The summed E-state index contributed by atoms with van der Waals surface area (Å²) in [7, 11) is 0. The Labute approximate surface area is 120 Å². The Morgan fingerprint density at radius 1 is 1.30 bits per heavy atom. The SMILES string of the molecule is CCN(C(=O)N(CCCO)C1CCC1)C(C)(C)C(=O)O. The van der Waals surface area contributed by atoms with Gasteiger partial charge in [0.05, 0.1) is 0 Å². The second-order valence-electron chi connectivity index (χ2n) is 5.75. The Kier molecular flexibility index (Phi) is 5.80. The quantitative estimate of drug-likeness (QED) is 0.743. The predicted molar refractivity (Wildman–Crippen MR) is 75.5 cm³/mol. The van der Waals surface area contributed by atoms with E-state index >= 15 is 0 Å². The highest BCUT2D eigenvalue weighted by Gasteiger charge is 2.40. The van der Waals surface area contributed by atoms with Crippen LogP contribution in [-0.2, 0) is 4.79 Å². The van der Waals surface area contributed by atoms with Gasteiger partial charge in [-0.05, 0) is 46.5 Å². The number of hydrogen-bond donors (Lipinski definition) is 2. The van der Waals surface area contributed by atoms with Crippen LogP contribution in [0.25, 0.3) is 0 Å². The summed E-state index contributed by atoms with van der Waals surface area (Å²) in [6.07, 6.45) is 3.54. The highest BCUT2D eigenvalue weighted by Crippen LogP contribution is 2.27. The lowest BCUT2D eigenvalue weighted by atomic mass is 9.91. The first-order chi connectivity index (χ1) is 9.36. The molecule has 0 radical (unpaired) electrons. The first kappa shape index (κ1) is 16.8. The number of nitrogens with zero attached hydrogens (tertiary/aromatic N) is 2. The zero-order valence-electron chi connectivity index (χ0n) is 12.6. The molecule has 0 spiro atoms. The van der Waals surface area contributed by atoms with E-state index in [4.69, 9.17) is 5.11 Å². The van der Waals surface area contributed by atoms with Crippen LogP contribution in [0.15, 0.2) is 0 Å². The van der Waals surface area contributed by atoms with Crippen LogP contribution in [0.5, 0.6) is 0 Å². The number of urea groups is 1. The van der Waals surface area contributed by atoms with Gasteiger partial charge in [-0.25, -0.2) is 9.59 Å². The Hall–Kier alpha value is -1.30. The molecule has 1 saturated carbocycles. The lowest BCUT2D eigenvalue weighted by Crippen LogP contribution is -2.59. The van der Waals surface area contributed by atoms with E-state index in [1.165, 1.54) is 4.90 Å². The molecule has 1 rings (SSSR count). The molecule has 2 N–H and O–H groups in total. The monoisotopic (exact) mass is 286 g/mol. The number of amides is 2. The van der Waals surface area contributed by atoms with E-state index in [0.29, 0.717) is 19.5 Å². The summed E-state index contributed by atoms with van der Waals surface area (Å²) in [5.74, 6) is -1.01. The second-order valence-corrected chi connectivity index (χ2v) is 5.75. The molecule has 0 saturated heterocycles. The standard InChI is InChI=1S/C14H26N2O4/c1-4-16(14(2,3)12(18)19)13(20)15(9-6-10-17)11-7-5-8-11/h11,17H,4-10H2,1-3H3,(H,18,19). The Bertz CT molecular complexity index is 353. The Morgan fingerprint density at radius 2 is 1.90 bits per heavy atom. The zero-order valence-corrected chi connectivity index (χ0v) is 12.6. The molecule has 6 heteroatoms. The summed E-state index contributed by atoms with van der Waals surface area (Å²) in [4.78, 5) is 27.2. The number of hydrogen-bond acceptors (Lipinski definition) is 3. The summed E-state index contributed by atoms with van der Waals surface area (Å²) in [6.45, 7) is 5.73. The van der Waals surface area contributed by atoms with Crippen molar-refractivity contribution in [1.82, 2.24) is 9.80 Å². The van der Waals surface area contributed by atoms with Crippen LogP contribution in [0.4, 0.5) is 4.79 Å². The molecule has 20 heavy (non-hydrogen) atoms. The van der Waals surface area contributed by atoms with Gasteiger partial charge < -0.3 is 20.0 Å². The van der Waals surface area contributed by atoms with E-state index in [2.05, 4.69) is 0 Å². The third-order valence-electron chi connectivity index (χ3n) is 4.06. The third-order valence-corrected chi connectivity index (χ3v) is 4.06. The average Bonchev–Trinajstić information content (AvgIpc) is 2.32. The number of carboxylic acids is 1. The molecule has 0 unspecified atom stereocenters. The molecule has 0 aliphatic heterocycles. The summed E-state index contributed by atoms with van der Waals surface area (Å²) in [5.41, 5.74) is -1.23. The number of aliphatic carboxylic acids is 1. The van der Waals surface area contributed by atoms with Crippen LogP contribution in [0, 0.1) is 0 Å². The molecule has 0 aromatic rings. The van der Waals surface area contributed by atoms with Crippen molar-refractivity contribution < 1.29 is 19.8 Å². The summed E-state index contributed by atoms with van der Waals surface area (Å²) in [6, 6.07) is -0.0502. The van der Waals surface area contributed by atoms with E-state index in [1.54, 1.807) is 25.7 Å². The number of carbonyl (C=O) groups excluding carboxylic acids is 1. The van der Waals surface area contributed by atoms with Crippen LogP contribution >= 0.6 is 0 Å². The van der Waals surface area contributed by atoms with E-state index in [9.17, 15) is 14.7 Å². The molecule has 0 aromatic heterocycles. The Morgan fingerprint density at radius 3 is 2.25 bits per heavy atom. The van der Waals surface area contributed by atoms with Crippen LogP contribution in [0.1, 0.15) is 46.5 Å². The maximum atomic E-state index is 12.7.